The van der Waals surface area contributed by atoms with Crippen molar-refractivity contribution in [3.63, 3.8) is 0 Å². The van der Waals surface area contributed by atoms with Gasteiger partial charge in [0.1, 0.15) is 0 Å². The first-order chi connectivity index (χ1) is 34.9. The smallest absolute Gasteiger partial charge is 0.0555 e. The molecule has 0 unspecified atom stereocenters. The Morgan fingerprint density at radius 3 is 1.07 bits per heavy atom. The first-order valence-corrected chi connectivity index (χ1v) is 26.4. The van der Waals surface area contributed by atoms with Gasteiger partial charge >= 0.3 is 0 Å². The zero-order valence-corrected chi connectivity index (χ0v) is 42.1. The highest BCUT2D eigenvalue weighted by atomic mass is 32.1. The Bertz CT molecular complexity index is 4440. The van der Waals surface area contributed by atoms with E-state index in [0.29, 0.717) is 0 Å². The summed E-state index contributed by atoms with van der Waals surface area (Å²) in [5.41, 5.74) is 26.0. The maximum atomic E-state index is 2.54. The Kier molecular flexibility index (Phi) is 7.75. The zero-order chi connectivity index (χ0) is 48.2. The number of fused-ring (bicyclic) bond motifs is 18. The largest absolute Gasteiger partial charge is 0.309 e. The maximum absolute atomic E-state index is 2.54. The second-order valence-electron chi connectivity index (χ2n) is 22.5. The molecule has 13 aromatic rings. The Labute approximate surface area is 423 Å². The molecule has 0 N–H and O–H groups in total. The Morgan fingerprint density at radius 2 is 0.639 bits per heavy atom. The van der Waals surface area contributed by atoms with E-state index in [4.69, 9.17) is 0 Å². The van der Waals surface area contributed by atoms with Crippen LogP contribution in [0, 0.1) is 0 Å². The summed E-state index contributed by atoms with van der Waals surface area (Å²) in [6.07, 6.45) is 0. The molecule has 342 valence electrons. The lowest BCUT2D eigenvalue weighted by atomic mass is 9.82. The van der Waals surface area contributed by atoms with Crippen molar-refractivity contribution >= 4 is 75.1 Å². The third-order valence-electron chi connectivity index (χ3n) is 17.7. The first kappa shape index (κ1) is 40.7. The second kappa shape index (κ2) is 13.7. The van der Waals surface area contributed by atoms with Crippen molar-refractivity contribution in [3.05, 3.63) is 228 Å². The fourth-order valence-electron chi connectivity index (χ4n) is 14.0. The molecular formula is C69H50N2S. The SMILES string of the molecule is CC1(C)c2ccccc2-c2cc3c4cc5c(cc4n(-c4ccc(-c6ccc(-n7c8cc9c(cc8c8cc%10c(cc87)sc7ccccc7%10)-c7ccccc7C9(C)C)cc6)cc4)c3cc21)C(C)(C)c1ccccc1-5. The van der Waals surface area contributed by atoms with E-state index in [9.17, 15) is 0 Å². The van der Waals surface area contributed by atoms with Gasteiger partial charge < -0.3 is 9.13 Å². The fourth-order valence-corrected chi connectivity index (χ4v) is 15.1. The first-order valence-electron chi connectivity index (χ1n) is 25.6. The minimum Gasteiger partial charge on any atom is -0.309 e. The van der Waals surface area contributed by atoms with Crippen LogP contribution in [0.2, 0.25) is 0 Å². The number of thiophene rings is 1. The average molecular weight is 939 g/mol. The van der Waals surface area contributed by atoms with E-state index >= 15 is 0 Å². The number of rotatable bonds is 3. The molecule has 0 saturated heterocycles. The lowest BCUT2D eigenvalue weighted by Gasteiger charge is -2.22. The number of aromatic nitrogens is 2. The molecule has 0 bridgehead atoms. The zero-order valence-electron chi connectivity index (χ0n) is 41.3. The third-order valence-corrected chi connectivity index (χ3v) is 18.9. The Morgan fingerprint density at radius 1 is 0.278 bits per heavy atom. The maximum Gasteiger partial charge on any atom is 0.0555 e. The molecular weight excluding hydrogens is 889 g/mol. The van der Waals surface area contributed by atoms with Crippen LogP contribution in [0.3, 0.4) is 0 Å². The summed E-state index contributed by atoms with van der Waals surface area (Å²) in [5.74, 6) is 0. The molecule has 72 heavy (non-hydrogen) atoms. The highest BCUT2D eigenvalue weighted by molar-refractivity contribution is 7.25. The molecule has 3 aliphatic carbocycles. The summed E-state index contributed by atoms with van der Waals surface area (Å²) < 4.78 is 7.72. The summed E-state index contributed by atoms with van der Waals surface area (Å²) in [7, 11) is 0. The summed E-state index contributed by atoms with van der Waals surface area (Å²) >= 11 is 1.89. The summed E-state index contributed by atoms with van der Waals surface area (Å²) in [5, 5.41) is 7.87. The van der Waals surface area contributed by atoms with Crippen molar-refractivity contribution in [2.24, 2.45) is 0 Å². The normalized spacial score (nSPS) is 15.4. The van der Waals surface area contributed by atoms with Crippen LogP contribution >= 0.6 is 11.3 Å². The molecule has 0 aliphatic heterocycles. The highest BCUT2D eigenvalue weighted by Gasteiger charge is 2.39. The predicted molar refractivity (Wildman–Crippen MR) is 306 cm³/mol. The van der Waals surface area contributed by atoms with Crippen molar-refractivity contribution in [2.45, 2.75) is 57.8 Å². The minimum atomic E-state index is -0.105. The summed E-state index contributed by atoms with van der Waals surface area (Å²) in [6, 6.07) is 74.5. The molecule has 0 atom stereocenters. The van der Waals surface area contributed by atoms with Crippen molar-refractivity contribution in [2.75, 3.05) is 0 Å². The monoisotopic (exact) mass is 938 g/mol. The molecule has 0 saturated carbocycles. The predicted octanol–water partition coefficient (Wildman–Crippen LogP) is 18.8. The average Bonchev–Trinajstić information content (AvgIpc) is 4.18. The summed E-state index contributed by atoms with van der Waals surface area (Å²) in [6.45, 7) is 14.3. The molecule has 2 nitrogen and oxygen atoms in total. The van der Waals surface area contributed by atoms with Gasteiger partial charge in [0, 0.05) is 69.3 Å². The molecule has 10 aromatic carbocycles. The van der Waals surface area contributed by atoms with Crippen molar-refractivity contribution in [1.82, 2.24) is 9.13 Å². The van der Waals surface area contributed by atoms with Gasteiger partial charge in [-0.15, -0.1) is 11.3 Å². The lowest BCUT2D eigenvalue weighted by molar-refractivity contribution is 0.660. The summed E-state index contributed by atoms with van der Waals surface area (Å²) in [4.78, 5) is 0. The lowest BCUT2D eigenvalue weighted by Crippen LogP contribution is -2.15. The molecule has 0 radical (unpaired) electrons. The number of benzene rings is 10. The van der Waals surface area contributed by atoms with E-state index in [-0.39, 0.29) is 16.2 Å². The van der Waals surface area contributed by atoms with Crippen LogP contribution in [0.1, 0.15) is 74.9 Å². The number of hydrogen-bond donors (Lipinski definition) is 0. The number of hydrogen-bond acceptors (Lipinski definition) is 1. The molecule has 3 aromatic heterocycles. The second-order valence-corrected chi connectivity index (χ2v) is 23.6. The van der Waals surface area contributed by atoms with Gasteiger partial charge in [0.25, 0.3) is 0 Å². The van der Waals surface area contributed by atoms with Crippen LogP contribution in [0.15, 0.2) is 194 Å². The van der Waals surface area contributed by atoms with E-state index in [0.717, 1.165) is 0 Å². The van der Waals surface area contributed by atoms with Crippen LogP contribution < -0.4 is 0 Å². The van der Waals surface area contributed by atoms with Crippen molar-refractivity contribution < 1.29 is 0 Å². The minimum absolute atomic E-state index is 0.0991. The van der Waals surface area contributed by atoms with Gasteiger partial charge in [0.2, 0.25) is 0 Å². The molecule has 0 fully saturated rings. The van der Waals surface area contributed by atoms with E-state index < -0.39 is 0 Å². The molecule has 3 heterocycles. The van der Waals surface area contributed by atoms with E-state index in [1.54, 1.807) is 0 Å². The molecule has 3 aliphatic rings. The Balaban J connectivity index is 0.846. The standard InChI is InChI=1S/C69H50N2S/c1-67(2)55-19-11-7-15-43(55)47-31-50-51-32-48-44-16-8-12-20-56(44)68(3,4)59(48)36-62(51)70(61(50)35-58(47)67)41-27-23-39(24-28-41)40-25-29-42(30-26-40)71-63-37-60-49(45-17-9-13-21-57(45)69(60,5)6)33-52(63)53-34-54-46-18-10-14-22-65(46)72-66(54)38-64(53)71/h7-38H,1-6H3. The van der Waals surface area contributed by atoms with Gasteiger partial charge in [0.15, 0.2) is 0 Å². The van der Waals surface area contributed by atoms with Crippen LogP contribution in [0.4, 0.5) is 0 Å². The quantitative estimate of drug-likeness (QED) is 0.167. The van der Waals surface area contributed by atoms with E-state index in [1.165, 1.54) is 153 Å². The topological polar surface area (TPSA) is 9.86 Å². The van der Waals surface area contributed by atoms with Crippen molar-refractivity contribution in [1.29, 1.82) is 0 Å². The molecule has 3 heteroatoms. The van der Waals surface area contributed by atoms with Crippen LogP contribution in [-0.2, 0) is 16.2 Å². The highest BCUT2D eigenvalue weighted by Crippen LogP contribution is 2.55. The fraction of sp³-hybridized carbons (Fsp3) is 0.130. The molecule has 0 amide bonds. The van der Waals surface area contributed by atoms with Gasteiger partial charge in [0.05, 0.1) is 22.1 Å². The van der Waals surface area contributed by atoms with Gasteiger partial charge in [-0.3, -0.25) is 0 Å². The molecule has 16 rings (SSSR count). The number of nitrogens with zero attached hydrogens (tertiary/aromatic N) is 2. The third kappa shape index (κ3) is 5.14. The van der Waals surface area contributed by atoms with Crippen LogP contribution in [0.25, 0.3) is 120 Å². The van der Waals surface area contributed by atoms with E-state index in [1.807, 2.05) is 11.3 Å². The van der Waals surface area contributed by atoms with E-state index in [2.05, 4.69) is 245 Å². The Hall–Kier alpha value is -7.98. The van der Waals surface area contributed by atoms with Gasteiger partial charge in [-0.2, -0.15) is 0 Å². The van der Waals surface area contributed by atoms with Gasteiger partial charge in [-0.1, -0.05) is 157 Å². The van der Waals surface area contributed by atoms with Crippen LogP contribution in [-0.4, -0.2) is 9.13 Å². The van der Waals surface area contributed by atoms with Crippen LogP contribution in [0.5, 0.6) is 0 Å². The van der Waals surface area contributed by atoms with Gasteiger partial charge in [-0.05, 0) is 157 Å². The van der Waals surface area contributed by atoms with Crippen molar-refractivity contribution in [3.8, 4) is 55.9 Å². The van der Waals surface area contributed by atoms with Gasteiger partial charge in [-0.25, -0.2) is 0 Å². The molecule has 0 spiro atoms.